The van der Waals surface area contributed by atoms with E-state index in [1.165, 1.54) is 7.11 Å². The Kier molecular flexibility index (Phi) is 5.78. The fraction of sp³-hybridized carbons (Fsp3) is 0.417. The number of carbonyl (C=O) groups excluding carboxylic acids is 1. The summed E-state index contributed by atoms with van der Waals surface area (Å²) in [5, 5.41) is 2.52. The zero-order chi connectivity index (χ0) is 14.3. The van der Waals surface area contributed by atoms with Gasteiger partial charge in [0, 0.05) is 11.8 Å². The first kappa shape index (κ1) is 15.5. The van der Waals surface area contributed by atoms with E-state index >= 15 is 0 Å². The molecule has 0 aliphatic heterocycles. The second kappa shape index (κ2) is 7.10. The van der Waals surface area contributed by atoms with E-state index in [1.54, 1.807) is 24.3 Å². The predicted molar refractivity (Wildman–Crippen MR) is 73.9 cm³/mol. The highest BCUT2D eigenvalue weighted by Gasteiger charge is 2.16. The van der Waals surface area contributed by atoms with Crippen LogP contribution in [0.1, 0.15) is 6.42 Å². The van der Waals surface area contributed by atoms with Gasteiger partial charge >= 0.3 is 0 Å². The zero-order valence-electron chi connectivity index (χ0n) is 10.8. The van der Waals surface area contributed by atoms with Crippen molar-refractivity contribution in [3.05, 3.63) is 24.3 Å². The van der Waals surface area contributed by atoms with Gasteiger partial charge in [-0.3, -0.25) is 4.79 Å². The molecule has 0 saturated carbocycles. The van der Waals surface area contributed by atoms with Crippen molar-refractivity contribution in [2.24, 2.45) is 5.73 Å². The van der Waals surface area contributed by atoms with E-state index in [9.17, 15) is 13.2 Å². The molecular weight excluding hydrogens is 268 g/mol. The van der Waals surface area contributed by atoms with E-state index in [-0.39, 0.29) is 12.3 Å². The lowest BCUT2D eigenvalue weighted by Crippen LogP contribution is -2.25. The number of sulfone groups is 1. The average molecular weight is 286 g/mol. The van der Waals surface area contributed by atoms with Crippen molar-refractivity contribution in [3.8, 4) is 5.75 Å². The van der Waals surface area contributed by atoms with E-state index in [2.05, 4.69) is 5.32 Å². The van der Waals surface area contributed by atoms with Crippen LogP contribution in [0, 0.1) is 0 Å². The number of rotatable bonds is 7. The maximum absolute atomic E-state index is 11.6. The van der Waals surface area contributed by atoms with Gasteiger partial charge in [0.05, 0.1) is 12.9 Å². The molecule has 0 radical (unpaired) electrons. The molecule has 1 rings (SSSR count). The highest BCUT2D eigenvalue weighted by Crippen LogP contribution is 2.16. The van der Waals surface area contributed by atoms with Crippen molar-refractivity contribution in [3.63, 3.8) is 0 Å². The quantitative estimate of drug-likeness (QED) is 0.756. The summed E-state index contributed by atoms with van der Waals surface area (Å²) in [6, 6.07) is 6.71. The summed E-state index contributed by atoms with van der Waals surface area (Å²) < 4.78 is 28.2. The standard InChI is InChI=1S/C12H18N2O4S/c1-18-11-5-2-4-10(8-11)14-12(15)9-19(16,17)7-3-6-13/h2,4-5,8H,3,6-7,9,13H2,1H3,(H,14,15). The Hall–Kier alpha value is -1.60. The van der Waals surface area contributed by atoms with Gasteiger partial charge in [-0.05, 0) is 25.1 Å². The SMILES string of the molecule is COc1cccc(NC(=O)CS(=O)(=O)CCCN)c1. The molecule has 0 aliphatic rings. The van der Waals surface area contributed by atoms with Crippen molar-refractivity contribution in [2.75, 3.05) is 30.5 Å². The number of anilines is 1. The first-order chi connectivity index (χ1) is 8.96. The van der Waals surface area contributed by atoms with E-state index in [0.717, 1.165) is 0 Å². The minimum Gasteiger partial charge on any atom is -0.497 e. The number of carbonyl (C=O) groups is 1. The molecule has 6 nitrogen and oxygen atoms in total. The van der Waals surface area contributed by atoms with Crippen molar-refractivity contribution in [1.29, 1.82) is 0 Å². The van der Waals surface area contributed by atoms with Crippen LogP contribution in [0.3, 0.4) is 0 Å². The number of nitrogens with two attached hydrogens (primary N) is 1. The first-order valence-electron chi connectivity index (χ1n) is 5.81. The smallest absolute Gasteiger partial charge is 0.239 e. The fourth-order valence-electron chi connectivity index (χ4n) is 1.47. The normalized spacial score (nSPS) is 11.1. The topological polar surface area (TPSA) is 98.5 Å². The third kappa shape index (κ3) is 5.71. The Morgan fingerprint density at radius 3 is 2.79 bits per heavy atom. The summed E-state index contributed by atoms with van der Waals surface area (Å²) >= 11 is 0. The Labute approximate surface area is 112 Å². The highest BCUT2D eigenvalue weighted by molar-refractivity contribution is 7.92. The van der Waals surface area contributed by atoms with Crippen LogP contribution in [0.25, 0.3) is 0 Å². The molecule has 0 spiro atoms. The summed E-state index contributed by atoms with van der Waals surface area (Å²) in [6.45, 7) is 0.288. The molecule has 0 unspecified atom stereocenters. The molecule has 0 fully saturated rings. The number of hydrogen-bond donors (Lipinski definition) is 2. The van der Waals surface area contributed by atoms with Gasteiger partial charge in [-0.25, -0.2) is 8.42 Å². The van der Waals surface area contributed by atoms with Crippen molar-refractivity contribution in [2.45, 2.75) is 6.42 Å². The molecule has 0 aromatic heterocycles. The molecule has 1 amide bonds. The summed E-state index contributed by atoms with van der Waals surface area (Å²) in [4.78, 5) is 11.6. The minimum atomic E-state index is -3.40. The number of ether oxygens (including phenoxy) is 1. The van der Waals surface area contributed by atoms with E-state index in [0.29, 0.717) is 17.9 Å². The van der Waals surface area contributed by atoms with Gasteiger partial charge in [-0.15, -0.1) is 0 Å². The summed E-state index contributed by atoms with van der Waals surface area (Å²) in [6.07, 6.45) is 0.356. The van der Waals surface area contributed by atoms with Gasteiger partial charge in [0.15, 0.2) is 9.84 Å². The molecule has 0 saturated heterocycles. The number of amides is 1. The number of nitrogens with one attached hydrogen (secondary N) is 1. The third-order valence-corrected chi connectivity index (χ3v) is 3.98. The molecule has 1 aromatic rings. The van der Waals surface area contributed by atoms with Gasteiger partial charge < -0.3 is 15.8 Å². The molecule has 3 N–H and O–H groups in total. The first-order valence-corrected chi connectivity index (χ1v) is 7.63. The van der Waals surface area contributed by atoms with Gasteiger partial charge in [-0.1, -0.05) is 6.07 Å². The lowest BCUT2D eigenvalue weighted by atomic mass is 10.3. The van der Waals surface area contributed by atoms with Crippen molar-refractivity contribution >= 4 is 21.4 Å². The van der Waals surface area contributed by atoms with Crippen LogP contribution in [0.15, 0.2) is 24.3 Å². The van der Waals surface area contributed by atoms with Crippen molar-refractivity contribution in [1.82, 2.24) is 0 Å². The Morgan fingerprint density at radius 1 is 1.42 bits per heavy atom. The fourth-order valence-corrected chi connectivity index (χ4v) is 2.70. The van der Waals surface area contributed by atoms with Crippen LogP contribution in [0.5, 0.6) is 5.75 Å². The molecule has 1 aromatic carbocycles. The second-order valence-electron chi connectivity index (χ2n) is 4.01. The Morgan fingerprint density at radius 2 is 2.16 bits per heavy atom. The van der Waals surface area contributed by atoms with Crippen LogP contribution >= 0.6 is 0 Å². The molecule has 19 heavy (non-hydrogen) atoms. The molecular formula is C12H18N2O4S. The number of hydrogen-bond acceptors (Lipinski definition) is 5. The van der Waals surface area contributed by atoms with Gasteiger partial charge in [0.1, 0.15) is 11.5 Å². The molecule has 0 aliphatic carbocycles. The lowest BCUT2D eigenvalue weighted by molar-refractivity contribution is -0.113. The molecule has 106 valence electrons. The molecule has 7 heteroatoms. The van der Waals surface area contributed by atoms with E-state index in [1.807, 2.05) is 0 Å². The van der Waals surface area contributed by atoms with Gasteiger partial charge in [0.2, 0.25) is 5.91 Å². The third-order valence-electron chi connectivity index (χ3n) is 2.36. The lowest BCUT2D eigenvalue weighted by Gasteiger charge is -2.07. The van der Waals surface area contributed by atoms with E-state index < -0.39 is 21.5 Å². The maximum Gasteiger partial charge on any atom is 0.239 e. The largest absolute Gasteiger partial charge is 0.497 e. The molecule has 0 bridgehead atoms. The molecule has 0 atom stereocenters. The Bertz CT molecular complexity index is 528. The van der Waals surface area contributed by atoms with Crippen LogP contribution in [-0.2, 0) is 14.6 Å². The molecule has 0 heterocycles. The highest BCUT2D eigenvalue weighted by atomic mass is 32.2. The zero-order valence-corrected chi connectivity index (χ0v) is 11.6. The second-order valence-corrected chi connectivity index (χ2v) is 6.20. The van der Waals surface area contributed by atoms with Crippen LogP contribution in [0.2, 0.25) is 0 Å². The summed E-state index contributed by atoms with van der Waals surface area (Å²) in [5.74, 6) is -0.590. The average Bonchev–Trinajstić information content (AvgIpc) is 2.36. The summed E-state index contributed by atoms with van der Waals surface area (Å²) in [7, 11) is -1.89. The summed E-state index contributed by atoms with van der Waals surface area (Å²) in [5.41, 5.74) is 5.74. The van der Waals surface area contributed by atoms with Gasteiger partial charge in [0.25, 0.3) is 0 Å². The Balaban J connectivity index is 2.59. The van der Waals surface area contributed by atoms with Crippen LogP contribution in [-0.4, -0.2) is 39.5 Å². The monoisotopic (exact) mass is 286 g/mol. The van der Waals surface area contributed by atoms with Gasteiger partial charge in [-0.2, -0.15) is 0 Å². The van der Waals surface area contributed by atoms with E-state index in [4.69, 9.17) is 10.5 Å². The van der Waals surface area contributed by atoms with Crippen LogP contribution < -0.4 is 15.8 Å². The van der Waals surface area contributed by atoms with Crippen molar-refractivity contribution < 1.29 is 17.9 Å². The van der Waals surface area contributed by atoms with Crippen LogP contribution in [0.4, 0.5) is 5.69 Å². The predicted octanol–water partition coefficient (Wildman–Crippen LogP) is 0.397. The number of methoxy groups -OCH3 is 1. The maximum atomic E-state index is 11.6. The number of benzene rings is 1. The minimum absolute atomic E-state index is 0.0744.